The van der Waals surface area contributed by atoms with Gasteiger partial charge in [-0.3, -0.25) is 9.80 Å². The average molecular weight is 381 g/mol. The number of aryl methyl sites for hydroxylation is 1. The third-order valence-corrected chi connectivity index (χ3v) is 6.24. The average Bonchev–Trinajstić information content (AvgIpc) is 3.21. The van der Waals surface area contributed by atoms with E-state index in [-0.39, 0.29) is 6.04 Å². The van der Waals surface area contributed by atoms with Gasteiger partial charge in [-0.2, -0.15) is 0 Å². The van der Waals surface area contributed by atoms with E-state index >= 15 is 0 Å². The van der Waals surface area contributed by atoms with E-state index < -0.39 is 0 Å². The molecule has 4 rings (SSSR count). The molecule has 1 saturated carbocycles. The Morgan fingerprint density at radius 3 is 2.46 bits per heavy atom. The first-order valence-corrected chi connectivity index (χ1v) is 10.7. The number of benzene rings is 1. The minimum atomic E-state index is 0.114. The highest BCUT2D eigenvalue weighted by atomic mass is 15.6. The Hall–Kier alpha value is -2.05. The molecule has 1 aliphatic heterocycles. The van der Waals surface area contributed by atoms with Gasteiger partial charge in [0, 0.05) is 32.7 Å². The van der Waals surface area contributed by atoms with Gasteiger partial charge in [-0.05, 0) is 35.8 Å². The summed E-state index contributed by atoms with van der Waals surface area (Å²) in [6.45, 7) is 11.1. The molecule has 2 heterocycles. The van der Waals surface area contributed by atoms with Crippen molar-refractivity contribution in [2.24, 2.45) is 0 Å². The van der Waals surface area contributed by atoms with Crippen molar-refractivity contribution in [1.82, 2.24) is 30.0 Å². The van der Waals surface area contributed by atoms with Gasteiger partial charge in [0.2, 0.25) is 0 Å². The van der Waals surface area contributed by atoms with E-state index in [0.29, 0.717) is 6.04 Å². The van der Waals surface area contributed by atoms with Crippen molar-refractivity contribution in [3.63, 3.8) is 0 Å². The van der Waals surface area contributed by atoms with E-state index in [0.717, 1.165) is 38.5 Å². The van der Waals surface area contributed by atoms with E-state index in [9.17, 15) is 0 Å². The van der Waals surface area contributed by atoms with E-state index in [1.807, 2.05) is 6.08 Å². The number of piperazine rings is 1. The maximum Gasteiger partial charge on any atom is 0.173 e. The SMILES string of the molecule is C=CCN1CCN([C@H](c2ccc(C)cc2)c2nnnn2C2CCCCC2)CC1. The summed E-state index contributed by atoms with van der Waals surface area (Å²) < 4.78 is 2.14. The highest BCUT2D eigenvalue weighted by molar-refractivity contribution is 5.28. The Balaban J connectivity index is 1.64. The van der Waals surface area contributed by atoms with E-state index in [1.165, 1.54) is 43.2 Å². The van der Waals surface area contributed by atoms with E-state index in [4.69, 9.17) is 0 Å². The maximum absolute atomic E-state index is 4.55. The molecular weight excluding hydrogens is 348 g/mol. The van der Waals surface area contributed by atoms with Gasteiger partial charge in [-0.25, -0.2) is 4.68 Å². The van der Waals surface area contributed by atoms with E-state index in [2.05, 4.69) is 67.8 Å². The van der Waals surface area contributed by atoms with Gasteiger partial charge in [0.1, 0.15) is 0 Å². The molecule has 0 amide bonds. The van der Waals surface area contributed by atoms with Crippen LogP contribution in [0.15, 0.2) is 36.9 Å². The van der Waals surface area contributed by atoms with Crippen molar-refractivity contribution in [1.29, 1.82) is 0 Å². The molecule has 1 saturated heterocycles. The van der Waals surface area contributed by atoms with Crippen LogP contribution < -0.4 is 0 Å². The van der Waals surface area contributed by atoms with Gasteiger partial charge >= 0.3 is 0 Å². The third kappa shape index (κ3) is 4.18. The summed E-state index contributed by atoms with van der Waals surface area (Å²) in [6, 6.07) is 9.44. The van der Waals surface area contributed by atoms with Crippen molar-refractivity contribution in [3.8, 4) is 0 Å². The fourth-order valence-corrected chi connectivity index (χ4v) is 4.62. The molecule has 150 valence electrons. The zero-order valence-corrected chi connectivity index (χ0v) is 17.0. The van der Waals surface area contributed by atoms with Crippen molar-refractivity contribution in [2.45, 2.75) is 51.1 Å². The standard InChI is InChI=1S/C22H32N6/c1-3-13-26-14-16-27(17-15-26)21(19-11-9-18(2)10-12-19)22-23-24-25-28(22)20-7-5-4-6-8-20/h3,9-12,20-21H,1,4-8,13-17H2,2H3/t21-/m1/s1. The Kier molecular flexibility index (Phi) is 6.17. The smallest absolute Gasteiger partial charge is 0.173 e. The first-order valence-electron chi connectivity index (χ1n) is 10.7. The first kappa shape index (κ1) is 19.3. The van der Waals surface area contributed by atoms with Crippen molar-refractivity contribution >= 4 is 0 Å². The van der Waals surface area contributed by atoms with Crippen LogP contribution in [0.25, 0.3) is 0 Å². The summed E-state index contributed by atoms with van der Waals surface area (Å²) in [6.07, 6.45) is 8.26. The number of tetrazole rings is 1. The number of hydrogen-bond donors (Lipinski definition) is 0. The van der Waals surface area contributed by atoms with Gasteiger partial charge in [0.15, 0.2) is 5.82 Å². The van der Waals surface area contributed by atoms with Crippen LogP contribution in [0.1, 0.15) is 61.1 Å². The summed E-state index contributed by atoms with van der Waals surface area (Å²) in [5, 5.41) is 13.1. The van der Waals surface area contributed by atoms with Gasteiger partial charge < -0.3 is 0 Å². The lowest BCUT2D eigenvalue weighted by Gasteiger charge is -2.39. The van der Waals surface area contributed by atoms with Gasteiger partial charge in [0.05, 0.1) is 12.1 Å². The van der Waals surface area contributed by atoms with Crippen LogP contribution in [-0.2, 0) is 0 Å². The third-order valence-electron chi connectivity index (χ3n) is 6.24. The quantitative estimate of drug-likeness (QED) is 0.719. The summed E-state index contributed by atoms with van der Waals surface area (Å²) in [5.74, 6) is 1.01. The fraction of sp³-hybridized carbons (Fsp3) is 0.591. The molecular formula is C22H32N6. The number of hydrogen-bond acceptors (Lipinski definition) is 5. The van der Waals surface area contributed by atoms with Crippen LogP contribution in [0, 0.1) is 6.92 Å². The summed E-state index contributed by atoms with van der Waals surface area (Å²) in [5.41, 5.74) is 2.57. The second kappa shape index (κ2) is 8.97. The molecule has 1 aromatic heterocycles. The lowest BCUT2D eigenvalue weighted by Crippen LogP contribution is -2.48. The minimum Gasteiger partial charge on any atom is -0.297 e. The molecule has 1 atom stereocenters. The van der Waals surface area contributed by atoms with E-state index in [1.54, 1.807) is 0 Å². The van der Waals surface area contributed by atoms with Crippen LogP contribution in [-0.4, -0.2) is 62.7 Å². The normalized spacial score (nSPS) is 20.9. The molecule has 0 radical (unpaired) electrons. The molecule has 6 heteroatoms. The van der Waals surface area contributed by atoms with Gasteiger partial charge in [-0.15, -0.1) is 11.7 Å². The van der Waals surface area contributed by atoms with Crippen molar-refractivity contribution < 1.29 is 0 Å². The van der Waals surface area contributed by atoms with Crippen LogP contribution in [0.5, 0.6) is 0 Å². The molecule has 6 nitrogen and oxygen atoms in total. The lowest BCUT2D eigenvalue weighted by molar-refractivity contribution is 0.111. The zero-order valence-electron chi connectivity index (χ0n) is 17.0. The van der Waals surface area contributed by atoms with Gasteiger partial charge in [0.25, 0.3) is 0 Å². The number of aromatic nitrogens is 4. The molecule has 0 spiro atoms. The molecule has 2 fully saturated rings. The highest BCUT2D eigenvalue weighted by Gasteiger charge is 2.32. The largest absolute Gasteiger partial charge is 0.297 e. The Labute approximate surface area is 168 Å². The zero-order chi connectivity index (χ0) is 19.3. The summed E-state index contributed by atoms with van der Waals surface area (Å²) >= 11 is 0. The minimum absolute atomic E-state index is 0.114. The molecule has 2 aliphatic rings. The molecule has 28 heavy (non-hydrogen) atoms. The van der Waals surface area contributed by atoms with Crippen molar-refractivity contribution in [3.05, 3.63) is 53.9 Å². The maximum atomic E-state index is 4.55. The number of rotatable bonds is 6. The lowest BCUT2D eigenvalue weighted by atomic mass is 9.95. The molecule has 1 aliphatic carbocycles. The molecule has 0 bridgehead atoms. The van der Waals surface area contributed by atoms with Crippen molar-refractivity contribution in [2.75, 3.05) is 32.7 Å². The molecule has 0 unspecified atom stereocenters. The highest BCUT2D eigenvalue weighted by Crippen LogP contribution is 2.33. The fourth-order valence-electron chi connectivity index (χ4n) is 4.62. The molecule has 0 N–H and O–H groups in total. The monoisotopic (exact) mass is 380 g/mol. The predicted molar refractivity (Wildman–Crippen MR) is 111 cm³/mol. The molecule has 2 aromatic rings. The Morgan fingerprint density at radius 1 is 1.07 bits per heavy atom. The van der Waals surface area contributed by atoms with Crippen LogP contribution in [0.3, 0.4) is 0 Å². The van der Waals surface area contributed by atoms with Crippen LogP contribution in [0.4, 0.5) is 0 Å². The predicted octanol–water partition coefficient (Wildman–Crippen LogP) is 3.38. The first-order chi connectivity index (χ1) is 13.8. The summed E-state index contributed by atoms with van der Waals surface area (Å²) in [4.78, 5) is 5.01. The Morgan fingerprint density at radius 2 is 1.79 bits per heavy atom. The number of nitrogens with zero attached hydrogens (tertiary/aromatic N) is 6. The Bertz CT molecular complexity index is 754. The van der Waals surface area contributed by atoms with Gasteiger partial charge in [-0.1, -0.05) is 55.2 Å². The topological polar surface area (TPSA) is 50.1 Å². The van der Waals surface area contributed by atoms with Crippen LogP contribution >= 0.6 is 0 Å². The molecule has 1 aromatic carbocycles. The second-order valence-electron chi connectivity index (χ2n) is 8.21. The summed E-state index contributed by atoms with van der Waals surface area (Å²) in [7, 11) is 0. The van der Waals surface area contributed by atoms with Crippen LogP contribution in [0.2, 0.25) is 0 Å². The second-order valence-corrected chi connectivity index (χ2v) is 8.21.